The van der Waals surface area contributed by atoms with Crippen molar-refractivity contribution in [1.29, 1.82) is 0 Å². The summed E-state index contributed by atoms with van der Waals surface area (Å²) in [5, 5.41) is 10.2. The number of fused-ring (bicyclic) bond motifs is 1. The molecule has 1 N–H and O–H groups in total. The van der Waals surface area contributed by atoms with Gasteiger partial charge in [0.1, 0.15) is 5.82 Å². The second kappa shape index (κ2) is 5.04. The van der Waals surface area contributed by atoms with Gasteiger partial charge in [-0.3, -0.25) is 4.90 Å². The summed E-state index contributed by atoms with van der Waals surface area (Å²) < 4.78 is 14.1. The highest BCUT2D eigenvalue weighted by Crippen LogP contribution is 2.39. The molecule has 3 rings (SSSR count). The van der Waals surface area contributed by atoms with E-state index in [1.807, 2.05) is 0 Å². The number of nitrogens with zero attached hydrogens (tertiary/aromatic N) is 1. The second-order valence-electron chi connectivity index (χ2n) is 6.00. The van der Waals surface area contributed by atoms with Crippen LogP contribution in [0.3, 0.4) is 0 Å². The molecule has 1 aromatic rings. The zero-order valence-electron chi connectivity index (χ0n) is 11.1. The minimum Gasteiger partial charge on any atom is -0.393 e. The molecule has 1 saturated heterocycles. The van der Waals surface area contributed by atoms with Gasteiger partial charge in [0, 0.05) is 30.2 Å². The number of aliphatic hydroxyl groups is 1. The SMILES string of the molecule is Cc1ccc(Cl)c(CN2C[C@H]3CC(O)C[C@H]3C2)c1F. The maximum Gasteiger partial charge on any atom is 0.132 e. The summed E-state index contributed by atoms with van der Waals surface area (Å²) in [5.41, 5.74) is 1.26. The topological polar surface area (TPSA) is 23.5 Å². The molecule has 19 heavy (non-hydrogen) atoms. The molecule has 1 aliphatic heterocycles. The lowest BCUT2D eigenvalue weighted by Crippen LogP contribution is -2.23. The molecule has 0 spiro atoms. The summed E-state index contributed by atoms with van der Waals surface area (Å²) in [5.74, 6) is 0.966. The van der Waals surface area contributed by atoms with E-state index in [4.69, 9.17) is 11.6 Å². The molecule has 0 aromatic heterocycles. The largest absolute Gasteiger partial charge is 0.393 e. The summed E-state index contributed by atoms with van der Waals surface area (Å²) in [6.45, 7) is 4.25. The molecule has 4 heteroatoms. The first-order valence-corrected chi connectivity index (χ1v) is 7.26. The van der Waals surface area contributed by atoms with Crippen molar-refractivity contribution in [3.05, 3.63) is 34.1 Å². The van der Waals surface area contributed by atoms with E-state index >= 15 is 0 Å². The van der Waals surface area contributed by atoms with Gasteiger partial charge < -0.3 is 5.11 Å². The standard InChI is InChI=1S/C15H19ClFNO/c1-9-2-3-14(16)13(15(9)17)8-18-6-10-4-12(19)5-11(10)7-18/h2-3,10-12,19H,4-8H2,1H3/t10-,11+,12?. The number of aliphatic hydroxyl groups excluding tert-OH is 1. The van der Waals surface area contributed by atoms with E-state index < -0.39 is 0 Å². The van der Waals surface area contributed by atoms with Crippen LogP contribution in [0.15, 0.2) is 12.1 Å². The first-order valence-electron chi connectivity index (χ1n) is 6.88. The predicted molar refractivity (Wildman–Crippen MR) is 73.6 cm³/mol. The van der Waals surface area contributed by atoms with Gasteiger partial charge in [-0.05, 0) is 43.2 Å². The smallest absolute Gasteiger partial charge is 0.132 e. The number of benzene rings is 1. The molecule has 2 aliphatic rings. The molecular formula is C15H19ClFNO. The molecule has 2 nitrogen and oxygen atoms in total. The van der Waals surface area contributed by atoms with Gasteiger partial charge in [0.25, 0.3) is 0 Å². The maximum atomic E-state index is 14.1. The highest BCUT2D eigenvalue weighted by Gasteiger charge is 2.40. The first kappa shape index (κ1) is 13.3. The lowest BCUT2D eigenvalue weighted by atomic mass is 10.0. The van der Waals surface area contributed by atoms with Gasteiger partial charge in [-0.15, -0.1) is 0 Å². The molecule has 1 heterocycles. The molecule has 0 amide bonds. The van der Waals surface area contributed by atoms with E-state index in [2.05, 4.69) is 4.90 Å². The fourth-order valence-corrected chi connectivity index (χ4v) is 3.78. The van der Waals surface area contributed by atoms with Crippen molar-refractivity contribution in [3.8, 4) is 0 Å². The lowest BCUT2D eigenvalue weighted by molar-refractivity contribution is 0.161. The minimum atomic E-state index is -0.176. The molecule has 1 aromatic carbocycles. The van der Waals surface area contributed by atoms with E-state index in [0.717, 1.165) is 25.9 Å². The number of hydrogen-bond donors (Lipinski definition) is 1. The van der Waals surface area contributed by atoms with E-state index in [0.29, 0.717) is 34.5 Å². The molecule has 0 radical (unpaired) electrons. The fourth-order valence-electron chi connectivity index (χ4n) is 3.58. The van der Waals surface area contributed by atoms with Crippen LogP contribution in [0.2, 0.25) is 5.02 Å². The van der Waals surface area contributed by atoms with Gasteiger partial charge in [0.15, 0.2) is 0 Å². The Balaban J connectivity index is 1.72. The monoisotopic (exact) mass is 283 g/mol. The Morgan fingerprint density at radius 3 is 2.58 bits per heavy atom. The van der Waals surface area contributed by atoms with E-state index in [1.165, 1.54) is 0 Å². The van der Waals surface area contributed by atoms with E-state index in [9.17, 15) is 9.50 Å². The summed E-state index contributed by atoms with van der Waals surface area (Å²) >= 11 is 6.12. The van der Waals surface area contributed by atoms with Crippen LogP contribution in [-0.2, 0) is 6.54 Å². The van der Waals surface area contributed by atoms with Crippen molar-refractivity contribution in [2.45, 2.75) is 32.4 Å². The van der Waals surface area contributed by atoms with Gasteiger partial charge in [0.2, 0.25) is 0 Å². The summed E-state index contributed by atoms with van der Waals surface area (Å²) in [7, 11) is 0. The van der Waals surface area contributed by atoms with Crippen LogP contribution in [-0.4, -0.2) is 29.2 Å². The molecule has 3 atom stereocenters. The Hall–Kier alpha value is -0.640. The third kappa shape index (κ3) is 2.51. The van der Waals surface area contributed by atoms with Crippen LogP contribution in [0.5, 0.6) is 0 Å². The van der Waals surface area contributed by atoms with Crippen molar-refractivity contribution in [1.82, 2.24) is 4.90 Å². The Morgan fingerprint density at radius 1 is 1.32 bits per heavy atom. The molecule has 0 bridgehead atoms. The van der Waals surface area contributed by atoms with Gasteiger partial charge in [-0.1, -0.05) is 17.7 Å². The normalized spacial score (nSPS) is 30.8. The van der Waals surface area contributed by atoms with Crippen LogP contribution in [0.25, 0.3) is 0 Å². The lowest BCUT2D eigenvalue weighted by Gasteiger charge is -2.19. The van der Waals surface area contributed by atoms with Gasteiger partial charge in [-0.2, -0.15) is 0 Å². The van der Waals surface area contributed by atoms with Crippen molar-refractivity contribution >= 4 is 11.6 Å². The number of likely N-dealkylation sites (tertiary alicyclic amines) is 1. The van der Waals surface area contributed by atoms with Crippen molar-refractivity contribution in [2.24, 2.45) is 11.8 Å². The molecule has 1 unspecified atom stereocenters. The quantitative estimate of drug-likeness (QED) is 0.902. The summed E-state index contributed by atoms with van der Waals surface area (Å²) in [6.07, 6.45) is 1.66. The summed E-state index contributed by atoms with van der Waals surface area (Å²) in [6, 6.07) is 3.49. The second-order valence-corrected chi connectivity index (χ2v) is 6.40. The van der Waals surface area contributed by atoms with Crippen LogP contribution in [0, 0.1) is 24.6 Å². The maximum absolute atomic E-state index is 14.1. The number of rotatable bonds is 2. The Morgan fingerprint density at radius 2 is 1.95 bits per heavy atom. The van der Waals surface area contributed by atoms with Gasteiger partial charge >= 0.3 is 0 Å². The van der Waals surface area contributed by atoms with Crippen LogP contribution >= 0.6 is 11.6 Å². The van der Waals surface area contributed by atoms with Crippen LogP contribution in [0.4, 0.5) is 4.39 Å². The van der Waals surface area contributed by atoms with Crippen molar-refractivity contribution in [2.75, 3.05) is 13.1 Å². The Kier molecular flexibility index (Phi) is 3.54. The number of hydrogen-bond acceptors (Lipinski definition) is 2. The fraction of sp³-hybridized carbons (Fsp3) is 0.600. The molecule has 1 aliphatic carbocycles. The van der Waals surface area contributed by atoms with E-state index in [-0.39, 0.29) is 11.9 Å². The third-order valence-corrected chi connectivity index (χ3v) is 4.92. The highest BCUT2D eigenvalue weighted by atomic mass is 35.5. The highest BCUT2D eigenvalue weighted by molar-refractivity contribution is 6.31. The third-order valence-electron chi connectivity index (χ3n) is 4.56. The Labute approximate surface area is 118 Å². The first-order chi connectivity index (χ1) is 9.04. The minimum absolute atomic E-state index is 0.128. The van der Waals surface area contributed by atoms with Gasteiger partial charge in [0.05, 0.1) is 6.10 Å². The predicted octanol–water partition coefficient (Wildman–Crippen LogP) is 2.99. The van der Waals surface area contributed by atoms with E-state index in [1.54, 1.807) is 19.1 Å². The molecule has 2 fully saturated rings. The molecule has 104 valence electrons. The van der Waals surface area contributed by atoms with Crippen molar-refractivity contribution < 1.29 is 9.50 Å². The van der Waals surface area contributed by atoms with Gasteiger partial charge in [-0.25, -0.2) is 4.39 Å². The molecule has 1 saturated carbocycles. The number of halogens is 2. The average Bonchev–Trinajstić information content (AvgIpc) is 2.86. The summed E-state index contributed by atoms with van der Waals surface area (Å²) in [4.78, 5) is 2.27. The Bertz CT molecular complexity index is 479. The van der Waals surface area contributed by atoms with Crippen LogP contribution < -0.4 is 0 Å². The van der Waals surface area contributed by atoms with Crippen molar-refractivity contribution in [3.63, 3.8) is 0 Å². The van der Waals surface area contributed by atoms with Crippen LogP contribution in [0.1, 0.15) is 24.0 Å². The zero-order chi connectivity index (χ0) is 13.6. The zero-order valence-corrected chi connectivity index (χ0v) is 11.8. The average molecular weight is 284 g/mol. The number of aryl methyl sites for hydroxylation is 1. The molecular weight excluding hydrogens is 265 g/mol.